The molecule has 0 aromatic carbocycles. The number of hydrogen-bond donors (Lipinski definition) is 1. The van der Waals surface area contributed by atoms with Crippen LogP contribution in [0.5, 0.6) is 0 Å². The molecule has 1 N–H and O–H groups in total. The van der Waals surface area contributed by atoms with E-state index in [-0.39, 0.29) is 0 Å². The van der Waals surface area contributed by atoms with Crippen molar-refractivity contribution in [1.82, 2.24) is 0 Å². The Kier molecular flexibility index (Phi) is 5.84. The van der Waals surface area contributed by atoms with E-state index in [0.717, 1.165) is 51.6 Å². The minimum atomic E-state index is -0.586. The van der Waals surface area contributed by atoms with Crippen LogP contribution in [0.15, 0.2) is 0 Å². The summed E-state index contributed by atoms with van der Waals surface area (Å²) >= 11 is 0. The Morgan fingerprint density at radius 3 is 2.26 bits per heavy atom. The van der Waals surface area contributed by atoms with E-state index in [2.05, 4.69) is 20.8 Å². The molecule has 0 unspecified atom stereocenters. The van der Waals surface area contributed by atoms with E-state index in [4.69, 9.17) is 4.74 Å². The quantitative estimate of drug-likeness (QED) is 0.739. The predicted octanol–water partition coefficient (Wildman–Crippen LogP) is 4.11. The van der Waals surface area contributed by atoms with E-state index >= 15 is 0 Å². The van der Waals surface area contributed by atoms with Crippen molar-refractivity contribution < 1.29 is 14.6 Å². The number of carboxylic acids is 1. The second-order valence-electron chi connectivity index (χ2n) is 7.18. The molecule has 1 saturated carbocycles. The lowest BCUT2D eigenvalue weighted by Gasteiger charge is -2.42. The van der Waals surface area contributed by atoms with Gasteiger partial charge in [0.1, 0.15) is 0 Å². The summed E-state index contributed by atoms with van der Waals surface area (Å²) in [4.78, 5) is 11.7. The number of hydrogen-bond acceptors (Lipinski definition) is 2. The molecule has 3 heteroatoms. The summed E-state index contributed by atoms with van der Waals surface area (Å²) in [5.41, 5.74) is -0.157. The van der Waals surface area contributed by atoms with Crippen molar-refractivity contribution in [2.75, 3.05) is 13.7 Å². The van der Waals surface area contributed by atoms with Gasteiger partial charge in [-0.05, 0) is 49.9 Å². The van der Waals surface area contributed by atoms with Crippen LogP contribution in [0.25, 0.3) is 0 Å². The van der Waals surface area contributed by atoms with Gasteiger partial charge in [-0.3, -0.25) is 4.79 Å². The Bertz CT molecular complexity index is 283. The normalized spacial score (nSPS) is 28.3. The molecule has 0 aliphatic heterocycles. The molecule has 0 atom stereocenters. The Morgan fingerprint density at radius 1 is 1.26 bits per heavy atom. The first kappa shape index (κ1) is 16.5. The van der Waals surface area contributed by atoms with Gasteiger partial charge >= 0.3 is 5.97 Å². The molecular formula is C16H30O3. The van der Waals surface area contributed by atoms with Gasteiger partial charge in [0.25, 0.3) is 0 Å². The molecule has 0 saturated heterocycles. The lowest BCUT2D eigenvalue weighted by molar-refractivity contribution is -0.153. The van der Waals surface area contributed by atoms with E-state index in [1.165, 1.54) is 0 Å². The summed E-state index contributed by atoms with van der Waals surface area (Å²) in [7, 11) is 1.70. The monoisotopic (exact) mass is 270 g/mol. The van der Waals surface area contributed by atoms with E-state index in [0.29, 0.717) is 11.3 Å². The minimum absolute atomic E-state index is 0.306. The molecular weight excluding hydrogens is 240 g/mol. The van der Waals surface area contributed by atoms with Gasteiger partial charge in [0.2, 0.25) is 0 Å². The van der Waals surface area contributed by atoms with Crippen LogP contribution in [-0.2, 0) is 9.53 Å². The van der Waals surface area contributed by atoms with E-state index in [1.807, 2.05) is 0 Å². The van der Waals surface area contributed by atoms with Crippen LogP contribution in [0.1, 0.15) is 65.7 Å². The van der Waals surface area contributed by atoms with Crippen molar-refractivity contribution >= 4 is 5.97 Å². The molecule has 0 amide bonds. The Morgan fingerprint density at radius 2 is 1.84 bits per heavy atom. The van der Waals surface area contributed by atoms with Gasteiger partial charge in [0, 0.05) is 13.7 Å². The van der Waals surface area contributed by atoms with Crippen LogP contribution in [0, 0.1) is 16.7 Å². The average molecular weight is 270 g/mol. The van der Waals surface area contributed by atoms with Crippen molar-refractivity contribution in [3.8, 4) is 0 Å². The third-order valence-corrected chi connectivity index (χ3v) is 4.87. The van der Waals surface area contributed by atoms with Crippen molar-refractivity contribution in [2.24, 2.45) is 16.7 Å². The van der Waals surface area contributed by atoms with Gasteiger partial charge < -0.3 is 9.84 Å². The van der Waals surface area contributed by atoms with E-state index in [9.17, 15) is 9.90 Å². The van der Waals surface area contributed by atoms with Gasteiger partial charge in [-0.1, -0.05) is 27.2 Å². The molecule has 3 nitrogen and oxygen atoms in total. The Hall–Kier alpha value is -0.570. The number of unbranched alkanes of at least 4 members (excludes halogenated alkanes) is 1. The van der Waals surface area contributed by atoms with E-state index < -0.39 is 11.4 Å². The molecule has 0 aromatic rings. The van der Waals surface area contributed by atoms with Gasteiger partial charge in [0.15, 0.2) is 0 Å². The maximum Gasteiger partial charge on any atom is 0.309 e. The van der Waals surface area contributed by atoms with Crippen LogP contribution in [-0.4, -0.2) is 24.8 Å². The highest BCUT2D eigenvalue weighted by Crippen LogP contribution is 2.47. The molecule has 0 aromatic heterocycles. The van der Waals surface area contributed by atoms with Crippen LogP contribution in [0.2, 0.25) is 0 Å². The highest BCUT2D eigenvalue weighted by Gasteiger charge is 2.43. The molecule has 0 bridgehead atoms. The van der Waals surface area contributed by atoms with Crippen LogP contribution in [0.4, 0.5) is 0 Å². The number of methoxy groups -OCH3 is 1. The number of carboxylic acid groups (broad SMARTS) is 1. The number of rotatable bonds is 6. The van der Waals surface area contributed by atoms with Gasteiger partial charge in [-0.25, -0.2) is 0 Å². The molecule has 0 radical (unpaired) electrons. The molecule has 0 heterocycles. The maximum absolute atomic E-state index is 11.7. The largest absolute Gasteiger partial charge is 0.481 e. The zero-order valence-electron chi connectivity index (χ0n) is 13.0. The number of ether oxygens (including phenoxy) is 1. The lowest BCUT2D eigenvalue weighted by atomic mass is 9.62. The molecule has 1 fully saturated rings. The zero-order chi connectivity index (χ0) is 14.5. The maximum atomic E-state index is 11.7. The second kappa shape index (κ2) is 6.74. The summed E-state index contributed by atoms with van der Waals surface area (Å²) in [6, 6.07) is 0. The standard InChI is InChI=1S/C16H30O3/c1-15(2,3)13-7-10-16(11-8-13,14(17)18)9-5-6-12-19-4/h13H,5-12H2,1-4H3,(H,17,18). The highest BCUT2D eigenvalue weighted by molar-refractivity contribution is 5.74. The first-order chi connectivity index (χ1) is 8.82. The molecule has 1 aliphatic carbocycles. The summed E-state index contributed by atoms with van der Waals surface area (Å²) in [6.45, 7) is 7.54. The summed E-state index contributed by atoms with van der Waals surface area (Å²) in [5, 5.41) is 9.60. The Balaban J connectivity index is 2.54. The fourth-order valence-corrected chi connectivity index (χ4v) is 3.32. The van der Waals surface area contributed by atoms with Gasteiger partial charge in [-0.2, -0.15) is 0 Å². The first-order valence-corrected chi connectivity index (χ1v) is 7.54. The third-order valence-electron chi connectivity index (χ3n) is 4.87. The molecule has 1 aliphatic rings. The highest BCUT2D eigenvalue weighted by atomic mass is 16.5. The third kappa shape index (κ3) is 4.48. The number of carbonyl (C=O) groups is 1. The van der Waals surface area contributed by atoms with E-state index in [1.54, 1.807) is 7.11 Å². The second-order valence-corrected chi connectivity index (χ2v) is 7.18. The topological polar surface area (TPSA) is 46.5 Å². The zero-order valence-corrected chi connectivity index (χ0v) is 13.0. The summed E-state index contributed by atoms with van der Waals surface area (Å²) < 4.78 is 5.04. The molecule has 0 spiro atoms. The Labute approximate surface area is 117 Å². The summed E-state index contributed by atoms with van der Waals surface area (Å²) in [5.74, 6) is 0.0798. The molecule has 1 rings (SSSR count). The van der Waals surface area contributed by atoms with Crippen molar-refractivity contribution in [3.05, 3.63) is 0 Å². The molecule has 112 valence electrons. The minimum Gasteiger partial charge on any atom is -0.481 e. The SMILES string of the molecule is COCCCCC1(C(=O)O)CCC(C(C)(C)C)CC1. The number of aliphatic carboxylic acids is 1. The van der Waals surface area contributed by atoms with Crippen molar-refractivity contribution in [1.29, 1.82) is 0 Å². The van der Waals surface area contributed by atoms with Gasteiger partial charge in [-0.15, -0.1) is 0 Å². The fourth-order valence-electron chi connectivity index (χ4n) is 3.32. The first-order valence-electron chi connectivity index (χ1n) is 7.54. The predicted molar refractivity (Wildman–Crippen MR) is 77.2 cm³/mol. The van der Waals surface area contributed by atoms with Crippen LogP contribution >= 0.6 is 0 Å². The van der Waals surface area contributed by atoms with Crippen LogP contribution in [0.3, 0.4) is 0 Å². The smallest absolute Gasteiger partial charge is 0.309 e. The molecule has 19 heavy (non-hydrogen) atoms. The average Bonchev–Trinajstić information content (AvgIpc) is 2.34. The van der Waals surface area contributed by atoms with Crippen molar-refractivity contribution in [3.63, 3.8) is 0 Å². The van der Waals surface area contributed by atoms with Crippen molar-refractivity contribution in [2.45, 2.75) is 65.7 Å². The fraction of sp³-hybridized carbons (Fsp3) is 0.938. The lowest BCUT2D eigenvalue weighted by Crippen LogP contribution is -2.38. The summed E-state index contributed by atoms with van der Waals surface area (Å²) in [6.07, 6.45) is 6.53. The van der Waals surface area contributed by atoms with Gasteiger partial charge in [0.05, 0.1) is 5.41 Å². The van der Waals surface area contributed by atoms with Crippen LogP contribution < -0.4 is 0 Å².